The number of aromatic nitrogens is 1. The van der Waals surface area contributed by atoms with Gasteiger partial charge in [0.05, 0.1) is 5.56 Å². The Hall–Kier alpha value is -0.900. The van der Waals surface area contributed by atoms with Gasteiger partial charge in [-0.15, -0.1) is 0 Å². The molecule has 1 aromatic heterocycles. The number of pyridine rings is 1. The molecule has 1 amide bonds. The van der Waals surface area contributed by atoms with E-state index in [-0.39, 0.29) is 5.91 Å². The van der Waals surface area contributed by atoms with Crippen LogP contribution in [0.5, 0.6) is 0 Å². The van der Waals surface area contributed by atoms with Gasteiger partial charge in [0.2, 0.25) is 0 Å². The van der Waals surface area contributed by atoms with Gasteiger partial charge in [-0.2, -0.15) is 0 Å². The van der Waals surface area contributed by atoms with Crippen molar-refractivity contribution in [2.24, 2.45) is 5.92 Å². The highest BCUT2D eigenvalue weighted by molar-refractivity contribution is 9.10. The maximum atomic E-state index is 12.0. The Morgan fingerprint density at radius 1 is 1.56 bits per heavy atom. The molecule has 0 aliphatic heterocycles. The van der Waals surface area contributed by atoms with E-state index < -0.39 is 0 Å². The lowest BCUT2D eigenvalue weighted by Crippen LogP contribution is -2.36. The average Bonchev–Trinajstić information content (AvgIpc) is 2.65. The van der Waals surface area contributed by atoms with Gasteiger partial charge in [-0.3, -0.25) is 4.79 Å². The minimum atomic E-state index is -0.0290. The van der Waals surface area contributed by atoms with Crippen LogP contribution in [0.15, 0.2) is 22.9 Å². The highest BCUT2D eigenvalue weighted by atomic mass is 79.9. The number of nitrogens with one attached hydrogen (secondary N) is 1. The van der Waals surface area contributed by atoms with Crippen LogP contribution < -0.4 is 5.32 Å². The Labute approximate surface area is 104 Å². The maximum absolute atomic E-state index is 12.0. The van der Waals surface area contributed by atoms with Crippen molar-refractivity contribution < 1.29 is 4.79 Å². The summed E-state index contributed by atoms with van der Waals surface area (Å²) < 4.78 is 0.609. The quantitative estimate of drug-likeness (QED) is 0.848. The fraction of sp³-hybridized carbons (Fsp3) is 0.500. The lowest BCUT2D eigenvalue weighted by Gasteiger charge is -2.17. The monoisotopic (exact) mass is 282 g/mol. The molecule has 2 unspecified atom stereocenters. The Morgan fingerprint density at radius 2 is 2.38 bits per heavy atom. The minimum Gasteiger partial charge on any atom is -0.349 e. The molecular weight excluding hydrogens is 268 g/mol. The molecule has 1 aliphatic rings. The van der Waals surface area contributed by atoms with Crippen molar-refractivity contribution in [3.8, 4) is 0 Å². The van der Waals surface area contributed by atoms with Crippen molar-refractivity contribution in [1.82, 2.24) is 10.3 Å². The van der Waals surface area contributed by atoms with Crippen molar-refractivity contribution in [1.29, 1.82) is 0 Å². The van der Waals surface area contributed by atoms with E-state index in [0.29, 0.717) is 22.1 Å². The summed E-state index contributed by atoms with van der Waals surface area (Å²) in [6, 6.07) is 3.88. The number of carbonyl (C=O) groups is 1. The largest absolute Gasteiger partial charge is 0.349 e. The first-order valence-corrected chi connectivity index (χ1v) is 6.39. The van der Waals surface area contributed by atoms with E-state index in [1.54, 1.807) is 18.3 Å². The van der Waals surface area contributed by atoms with Crippen molar-refractivity contribution in [2.75, 3.05) is 0 Å². The molecule has 0 saturated heterocycles. The predicted octanol–water partition coefficient (Wildman–Crippen LogP) is 2.76. The van der Waals surface area contributed by atoms with Crippen molar-refractivity contribution >= 4 is 21.8 Å². The van der Waals surface area contributed by atoms with Crippen LogP contribution >= 0.6 is 15.9 Å². The van der Waals surface area contributed by atoms with Gasteiger partial charge in [0, 0.05) is 12.2 Å². The summed E-state index contributed by atoms with van der Waals surface area (Å²) in [5, 5.41) is 3.08. The number of carbonyl (C=O) groups excluding carboxylic acids is 1. The molecule has 1 fully saturated rings. The molecule has 2 atom stereocenters. The second-order valence-corrected chi connectivity index (χ2v) is 5.08. The average molecular weight is 283 g/mol. The number of nitrogens with zero attached hydrogens (tertiary/aromatic N) is 1. The van der Waals surface area contributed by atoms with E-state index >= 15 is 0 Å². The zero-order valence-corrected chi connectivity index (χ0v) is 10.8. The van der Waals surface area contributed by atoms with Gasteiger partial charge in [-0.25, -0.2) is 4.98 Å². The topological polar surface area (TPSA) is 42.0 Å². The summed E-state index contributed by atoms with van der Waals surface area (Å²) in [5.41, 5.74) is 0.613. The molecule has 2 rings (SSSR count). The van der Waals surface area contributed by atoms with E-state index in [4.69, 9.17) is 0 Å². The molecule has 86 valence electrons. The third kappa shape index (κ3) is 2.43. The number of amides is 1. The zero-order valence-electron chi connectivity index (χ0n) is 9.24. The van der Waals surface area contributed by atoms with Crippen molar-refractivity contribution in [3.05, 3.63) is 28.5 Å². The second-order valence-electron chi connectivity index (χ2n) is 4.33. The van der Waals surface area contributed by atoms with Gasteiger partial charge in [0.25, 0.3) is 5.91 Å². The summed E-state index contributed by atoms with van der Waals surface area (Å²) in [6.45, 7) is 2.19. The lowest BCUT2D eigenvalue weighted by molar-refractivity contribution is 0.0928. The Balaban J connectivity index is 2.06. The Bertz CT molecular complexity index is 394. The molecule has 4 heteroatoms. The molecule has 3 nitrogen and oxygen atoms in total. The van der Waals surface area contributed by atoms with E-state index in [1.165, 1.54) is 12.8 Å². The Morgan fingerprint density at radius 3 is 3.00 bits per heavy atom. The van der Waals surface area contributed by atoms with E-state index in [2.05, 4.69) is 33.2 Å². The molecule has 0 radical (unpaired) electrons. The molecule has 0 spiro atoms. The smallest absolute Gasteiger partial charge is 0.254 e. The second kappa shape index (κ2) is 4.95. The molecule has 1 N–H and O–H groups in total. The molecule has 1 saturated carbocycles. The summed E-state index contributed by atoms with van der Waals surface area (Å²) in [7, 11) is 0. The van der Waals surface area contributed by atoms with Crippen LogP contribution in [-0.2, 0) is 0 Å². The van der Waals surface area contributed by atoms with Gasteiger partial charge < -0.3 is 5.32 Å². The molecule has 1 aromatic rings. The first kappa shape index (κ1) is 11.6. The van der Waals surface area contributed by atoms with Gasteiger partial charge in [0.1, 0.15) is 4.60 Å². The zero-order chi connectivity index (χ0) is 11.5. The van der Waals surface area contributed by atoms with Gasteiger partial charge >= 0.3 is 0 Å². The number of hydrogen-bond donors (Lipinski definition) is 1. The summed E-state index contributed by atoms with van der Waals surface area (Å²) in [4.78, 5) is 16.0. The molecule has 1 aliphatic carbocycles. The lowest BCUT2D eigenvalue weighted by atomic mass is 10.1. The third-order valence-corrected chi connectivity index (χ3v) is 3.81. The summed E-state index contributed by atoms with van der Waals surface area (Å²) in [5.74, 6) is 0.554. The standard InChI is InChI=1S/C12H15BrN2O/c1-8-4-2-6-10(8)15-12(16)9-5-3-7-14-11(9)13/h3,5,7-8,10H,2,4,6H2,1H3,(H,15,16). The van der Waals surface area contributed by atoms with Crippen molar-refractivity contribution in [3.63, 3.8) is 0 Å². The first-order chi connectivity index (χ1) is 7.68. The predicted molar refractivity (Wildman–Crippen MR) is 66.2 cm³/mol. The van der Waals surface area contributed by atoms with Gasteiger partial charge in [0.15, 0.2) is 0 Å². The molecule has 0 aromatic carbocycles. The minimum absolute atomic E-state index is 0.0290. The fourth-order valence-electron chi connectivity index (χ4n) is 2.16. The number of hydrogen-bond acceptors (Lipinski definition) is 2. The first-order valence-electron chi connectivity index (χ1n) is 5.60. The summed E-state index contributed by atoms with van der Waals surface area (Å²) in [6.07, 6.45) is 5.17. The van der Waals surface area contributed by atoms with Crippen LogP contribution in [-0.4, -0.2) is 16.9 Å². The van der Waals surface area contributed by atoms with Crippen LogP contribution in [0.1, 0.15) is 36.5 Å². The van der Waals surface area contributed by atoms with Crippen LogP contribution in [0.3, 0.4) is 0 Å². The van der Waals surface area contributed by atoms with Crippen LogP contribution in [0.2, 0.25) is 0 Å². The Kier molecular flexibility index (Phi) is 3.59. The van der Waals surface area contributed by atoms with E-state index in [9.17, 15) is 4.79 Å². The molecular formula is C12H15BrN2O. The fourth-order valence-corrected chi connectivity index (χ4v) is 2.59. The van der Waals surface area contributed by atoms with Crippen LogP contribution in [0.4, 0.5) is 0 Å². The normalized spacial score (nSPS) is 24.4. The number of rotatable bonds is 2. The van der Waals surface area contributed by atoms with Crippen LogP contribution in [0.25, 0.3) is 0 Å². The molecule has 0 bridgehead atoms. The maximum Gasteiger partial charge on any atom is 0.254 e. The van der Waals surface area contributed by atoms with Gasteiger partial charge in [-0.1, -0.05) is 13.3 Å². The van der Waals surface area contributed by atoms with Crippen LogP contribution in [0, 0.1) is 5.92 Å². The SMILES string of the molecule is CC1CCCC1NC(=O)c1cccnc1Br. The highest BCUT2D eigenvalue weighted by Crippen LogP contribution is 2.25. The van der Waals surface area contributed by atoms with Crippen molar-refractivity contribution in [2.45, 2.75) is 32.2 Å². The van der Waals surface area contributed by atoms with E-state index in [1.807, 2.05) is 0 Å². The third-order valence-electron chi connectivity index (χ3n) is 3.18. The molecule has 16 heavy (non-hydrogen) atoms. The molecule has 1 heterocycles. The highest BCUT2D eigenvalue weighted by Gasteiger charge is 2.25. The van der Waals surface area contributed by atoms with E-state index in [0.717, 1.165) is 6.42 Å². The van der Waals surface area contributed by atoms with Gasteiger partial charge in [-0.05, 0) is 46.8 Å². The number of halogens is 1. The summed E-state index contributed by atoms with van der Waals surface area (Å²) >= 11 is 3.29.